The summed E-state index contributed by atoms with van der Waals surface area (Å²) in [6.45, 7) is 5.19. The number of carbonyl (C=O) groups is 2. The van der Waals surface area contributed by atoms with Crippen LogP contribution in [0.3, 0.4) is 0 Å². The Labute approximate surface area is 173 Å². The van der Waals surface area contributed by atoms with Crippen LogP contribution in [0.1, 0.15) is 54.4 Å². The van der Waals surface area contributed by atoms with Crippen molar-refractivity contribution in [1.82, 2.24) is 0 Å². The smallest absolute Gasteiger partial charge is 0.359 e. The summed E-state index contributed by atoms with van der Waals surface area (Å²) in [5.41, 5.74) is 3.84. The first kappa shape index (κ1) is 22.1. The van der Waals surface area contributed by atoms with Gasteiger partial charge in [0.2, 0.25) is 0 Å². The molecule has 0 aromatic carbocycles. The van der Waals surface area contributed by atoms with Crippen molar-refractivity contribution < 1.29 is 19.1 Å². The predicted octanol–water partition coefficient (Wildman–Crippen LogP) is 3.50. The molecule has 0 unspecified atom stereocenters. The maximum atomic E-state index is 12.5. The minimum Gasteiger partial charge on any atom is -0.462 e. The number of thiophene rings is 1. The number of rotatable bonds is 7. The van der Waals surface area contributed by atoms with E-state index < -0.39 is 11.9 Å². The summed E-state index contributed by atoms with van der Waals surface area (Å²) < 4.78 is 10.2. The van der Waals surface area contributed by atoms with Crippen molar-refractivity contribution in [3.63, 3.8) is 0 Å². The molecule has 1 N–H and O–H groups in total. The van der Waals surface area contributed by atoms with Crippen molar-refractivity contribution >= 4 is 34.0 Å². The molecule has 0 radical (unpaired) electrons. The highest BCUT2D eigenvalue weighted by molar-refractivity contribution is 7.16. The number of esters is 2. The van der Waals surface area contributed by atoms with Crippen LogP contribution in [0, 0.1) is 22.7 Å². The van der Waals surface area contributed by atoms with Gasteiger partial charge >= 0.3 is 11.9 Å². The van der Waals surface area contributed by atoms with E-state index in [0.717, 1.165) is 36.1 Å². The molecule has 0 amide bonds. The van der Waals surface area contributed by atoms with E-state index in [4.69, 9.17) is 20.0 Å². The molecule has 29 heavy (non-hydrogen) atoms. The van der Waals surface area contributed by atoms with E-state index in [9.17, 15) is 9.59 Å². The van der Waals surface area contributed by atoms with Crippen LogP contribution < -0.4 is 5.43 Å². The summed E-state index contributed by atoms with van der Waals surface area (Å²) in [6.07, 6.45) is 3.68. The zero-order chi connectivity index (χ0) is 21.4. The van der Waals surface area contributed by atoms with Crippen LogP contribution in [0.15, 0.2) is 16.2 Å². The molecule has 2 rings (SSSR count). The Kier molecular flexibility index (Phi) is 7.93. The molecule has 0 saturated heterocycles. The minimum absolute atomic E-state index is 0.0972. The van der Waals surface area contributed by atoms with Gasteiger partial charge in [-0.2, -0.15) is 15.6 Å². The SMILES string of the molecule is CCOC(=O)/C(=N/Nc1sc2c(c1C(=O)OCC)CCCC2)C(C)=C(C#N)C#N. The maximum Gasteiger partial charge on any atom is 0.359 e. The Morgan fingerprint density at radius 1 is 1.14 bits per heavy atom. The van der Waals surface area contributed by atoms with Crippen LogP contribution >= 0.6 is 11.3 Å². The van der Waals surface area contributed by atoms with Crippen molar-refractivity contribution in [2.24, 2.45) is 5.10 Å². The average molecular weight is 414 g/mol. The monoisotopic (exact) mass is 414 g/mol. The molecule has 0 spiro atoms. The molecule has 9 heteroatoms. The van der Waals surface area contributed by atoms with Crippen LogP contribution in [-0.2, 0) is 27.1 Å². The van der Waals surface area contributed by atoms with Gasteiger partial charge in [0.25, 0.3) is 0 Å². The summed E-state index contributed by atoms with van der Waals surface area (Å²) in [7, 11) is 0. The van der Waals surface area contributed by atoms with E-state index in [1.165, 1.54) is 18.3 Å². The highest BCUT2D eigenvalue weighted by atomic mass is 32.1. The predicted molar refractivity (Wildman–Crippen MR) is 109 cm³/mol. The van der Waals surface area contributed by atoms with E-state index in [1.807, 2.05) is 0 Å². The van der Waals surface area contributed by atoms with Gasteiger partial charge in [0.15, 0.2) is 5.71 Å². The maximum absolute atomic E-state index is 12.5. The quantitative estimate of drug-likeness (QED) is 0.313. The van der Waals surface area contributed by atoms with Crippen molar-refractivity contribution in [1.29, 1.82) is 10.5 Å². The highest BCUT2D eigenvalue weighted by Crippen LogP contribution is 2.38. The summed E-state index contributed by atoms with van der Waals surface area (Å²) in [5.74, 6) is -1.20. The van der Waals surface area contributed by atoms with E-state index >= 15 is 0 Å². The van der Waals surface area contributed by atoms with Crippen molar-refractivity contribution in [3.05, 3.63) is 27.2 Å². The normalized spacial score (nSPS) is 12.8. The number of hydrazone groups is 1. The molecule has 0 aliphatic heterocycles. The van der Waals surface area contributed by atoms with Gasteiger partial charge in [0.1, 0.15) is 22.7 Å². The Morgan fingerprint density at radius 2 is 1.79 bits per heavy atom. The summed E-state index contributed by atoms with van der Waals surface area (Å²) in [5, 5.41) is 22.8. The molecule has 1 aliphatic carbocycles. The fourth-order valence-corrected chi connectivity index (χ4v) is 4.18. The fourth-order valence-electron chi connectivity index (χ4n) is 2.96. The van der Waals surface area contributed by atoms with Crippen LogP contribution in [0.5, 0.6) is 0 Å². The number of hydrogen-bond donors (Lipinski definition) is 1. The number of nitrogens with zero attached hydrogens (tertiary/aromatic N) is 3. The first-order chi connectivity index (χ1) is 14.0. The second-order valence-electron chi connectivity index (χ2n) is 6.15. The number of aryl methyl sites for hydroxylation is 1. The Balaban J connectivity index is 2.50. The Bertz CT molecular complexity index is 931. The molecule has 0 saturated carbocycles. The van der Waals surface area contributed by atoms with E-state index in [0.29, 0.717) is 10.6 Å². The van der Waals surface area contributed by atoms with Gasteiger partial charge in [-0.15, -0.1) is 11.3 Å². The highest BCUT2D eigenvalue weighted by Gasteiger charge is 2.27. The van der Waals surface area contributed by atoms with Gasteiger partial charge < -0.3 is 9.47 Å². The van der Waals surface area contributed by atoms with Gasteiger partial charge in [-0.25, -0.2) is 9.59 Å². The van der Waals surface area contributed by atoms with Crippen LogP contribution in [0.2, 0.25) is 0 Å². The molecule has 1 heterocycles. The van der Waals surface area contributed by atoms with Crippen LogP contribution in [0.25, 0.3) is 0 Å². The Morgan fingerprint density at radius 3 is 2.41 bits per heavy atom. The molecule has 1 aromatic rings. The molecular weight excluding hydrogens is 392 g/mol. The molecule has 1 aliphatic rings. The molecule has 0 atom stereocenters. The summed E-state index contributed by atoms with van der Waals surface area (Å²) in [4.78, 5) is 25.9. The molecule has 0 fully saturated rings. The standard InChI is InChI=1S/C20H22N4O4S/c1-4-27-19(25)16-14-8-6-7-9-15(14)29-18(16)24-23-17(20(26)28-5-2)12(3)13(10-21)11-22/h24H,4-9H2,1-3H3/b23-17+. The van der Waals surface area contributed by atoms with Gasteiger partial charge in [-0.1, -0.05) is 0 Å². The summed E-state index contributed by atoms with van der Waals surface area (Å²) >= 11 is 1.40. The lowest BCUT2D eigenvalue weighted by molar-refractivity contribution is -0.134. The van der Waals surface area contributed by atoms with Crippen LogP contribution in [0.4, 0.5) is 5.00 Å². The number of fused-ring (bicyclic) bond motifs is 1. The van der Waals surface area contributed by atoms with Crippen molar-refractivity contribution in [3.8, 4) is 12.1 Å². The van der Waals surface area contributed by atoms with Gasteiger partial charge in [-0.3, -0.25) is 5.43 Å². The summed E-state index contributed by atoms with van der Waals surface area (Å²) in [6, 6.07) is 3.49. The van der Waals surface area contributed by atoms with Crippen LogP contribution in [-0.4, -0.2) is 30.9 Å². The lowest BCUT2D eigenvalue weighted by Gasteiger charge is -2.12. The first-order valence-corrected chi connectivity index (χ1v) is 10.1. The van der Waals surface area contributed by atoms with E-state index in [-0.39, 0.29) is 30.1 Å². The third kappa shape index (κ3) is 5.01. The second kappa shape index (κ2) is 10.4. The second-order valence-corrected chi connectivity index (χ2v) is 7.26. The molecule has 0 bridgehead atoms. The Hall–Kier alpha value is -3.17. The minimum atomic E-state index is -0.764. The average Bonchev–Trinajstić information content (AvgIpc) is 3.08. The van der Waals surface area contributed by atoms with E-state index in [1.54, 1.807) is 26.0 Å². The fraction of sp³-hybridized carbons (Fsp3) is 0.450. The van der Waals surface area contributed by atoms with Gasteiger partial charge in [-0.05, 0) is 52.0 Å². The zero-order valence-electron chi connectivity index (χ0n) is 16.6. The lowest BCUT2D eigenvalue weighted by Crippen LogP contribution is -2.21. The van der Waals surface area contributed by atoms with Gasteiger partial charge in [0, 0.05) is 10.5 Å². The number of anilines is 1. The molecule has 8 nitrogen and oxygen atoms in total. The number of carbonyl (C=O) groups excluding carboxylic acids is 2. The lowest BCUT2D eigenvalue weighted by atomic mass is 9.95. The molecule has 152 valence electrons. The number of nitrogens with one attached hydrogen (secondary N) is 1. The third-order valence-corrected chi connectivity index (χ3v) is 5.54. The number of allylic oxidation sites excluding steroid dienone is 1. The molecule has 1 aromatic heterocycles. The van der Waals surface area contributed by atoms with E-state index in [2.05, 4.69) is 10.5 Å². The van der Waals surface area contributed by atoms with Crippen molar-refractivity contribution in [2.75, 3.05) is 18.6 Å². The number of hydrogen-bond acceptors (Lipinski definition) is 9. The number of nitriles is 2. The zero-order valence-corrected chi connectivity index (χ0v) is 17.4. The largest absolute Gasteiger partial charge is 0.462 e. The molecular formula is C20H22N4O4S. The topological polar surface area (TPSA) is 125 Å². The third-order valence-electron chi connectivity index (χ3n) is 4.34. The van der Waals surface area contributed by atoms with Crippen molar-refractivity contribution in [2.45, 2.75) is 46.5 Å². The number of ether oxygens (including phenoxy) is 2. The van der Waals surface area contributed by atoms with Gasteiger partial charge in [0.05, 0.1) is 18.8 Å². The first-order valence-electron chi connectivity index (χ1n) is 9.32.